The van der Waals surface area contributed by atoms with Crippen LogP contribution in [0.3, 0.4) is 0 Å². The highest BCUT2D eigenvalue weighted by Crippen LogP contribution is 2.44. The number of carboxylic acid groups (broad SMARTS) is 1. The van der Waals surface area contributed by atoms with Gasteiger partial charge >= 0.3 is 5.97 Å². The molecule has 0 amide bonds. The molecule has 1 unspecified atom stereocenters. The maximum atomic E-state index is 14.8. The predicted octanol–water partition coefficient (Wildman–Crippen LogP) is 5.44. The molecule has 1 saturated carbocycles. The first kappa shape index (κ1) is 26.4. The van der Waals surface area contributed by atoms with Gasteiger partial charge in [0.25, 0.3) is 0 Å². The van der Waals surface area contributed by atoms with E-state index < -0.39 is 35.4 Å². The van der Waals surface area contributed by atoms with Gasteiger partial charge in [-0.1, -0.05) is 6.07 Å². The van der Waals surface area contributed by atoms with Crippen LogP contribution in [0, 0.1) is 29.3 Å². The first-order valence-corrected chi connectivity index (χ1v) is 13.0. The number of piperidine rings is 1. The van der Waals surface area contributed by atoms with E-state index in [-0.39, 0.29) is 35.4 Å². The van der Waals surface area contributed by atoms with Crippen molar-refractivity contribution in [3.63, 3.8) is 0 Å². The maximum Gasteiger partial charge on any atom is 0.308 e. The molecule has 6 nitrogen and oxygen atoms in total. The van der Waals surface area contributed by atoms with Crippen molar-refractivity contribution in [1.82, 2.24) is 9.88 Å². The fourth-order valence-electron chi connectivity index (χ4n) is 6.15. The molecule has 1 aromatic heterocycles. The number of hydrogen-bond donors (Lipinski definition) is 2. The molecule has 202 valence electrons. The Balaban J connectivity index is 1.22. The molecule has 0 spiro atoms. The number of rotatable bonds is 8. The first-order chi connectivity index (χ1) is 18.3. The first-order valence-electron chi connectivity index (χ1n) is 13.0. The third-order valence-corrected chi connectivity index (χ3v) is 8.35. The van der Waals surface area contributed by atoms with E-state index >= 15 is 0 Å². The van der Waals surface area contributed by atoms with E-state index in [9.17, 15) is 28.2 Å². The van der Waals surface area contributed by atoms with Gasteiger partial charge in [-0.15, -0.1) is 0 Å². The molecule has 2 fully saturated rings. The van der Waals surface area contributed by atoms with Crippen LogP contribution in [0.5, 0.6) is 5.75 Å². The number of benzene rings is 2. The van der Waals surface area contributed by atoms with Crippen LogP contribution < -0.4 is 4.74 Å². The lowest BCUT2D eigenvalue weighted by molar-refractivity contribution is -0.147. The summed E-state index contributed by atoms with van der Waals surface area (Å²) < 4.78 is 48.3. The Labute approximate surface area is 219 Å². The van der Waals surface area contributed by atoms with Gasteiger partial charge in [0.2, 0.25) is 0 Å². The van der Waals surface area contributed by atoms with Gasteiger partial charge < -0.3 is 14.9 Å². The number of methoxy groups -OCH3 is 1. The number of pyridine rings is 1. The third kappa shape index (κ3) is 5.09. The summed E-state index contributed by atoms with van der Waals surface area (Å²) in [4.78, 5) is 18.4. The van der Waals surface area contributed by atoms with Gasteiger partial charge in [-0.3, -0.25) is 14.7 Å². The van der Waals surface area contributed by atoms with Gasteiger partial charge in [-0.25, -0.2) is 13.2 Å². The molecular formula is C29H31F3N2O4. The molecule has 1 aliphatic heterocycles. The van der Waals surface area contributed by atoms with Crippen molar-refractivity contribution in [3.8, 4) is 5.75 Å². The molecule has 2 aliphatic rings. The van der Waals surface area contributed by atoms with Gasteiger partial charge in [0.05, 0.1) is 30.8 Å². The Morgan fingerprint density at radius 2 is 1.89 bits per heavy atom. The molecule has 0 radical (unpaired) electrons. The van der Waals surface area contributed by atoms with Crippen molar-refractivity contribution < 1.29 is 32.9 Å². The van der Waals surface area contributed by atoms with Crippen LogP contribution in [0.15, 0.2) is 42.6 Å². The number of nitrogens with zero attached hydrogens (tertiary/aromatic N) is 2. The number of fused-ring (bicyclic) bond motifs is 1. The largest absolute Gasteiger partial charge is 0.497 e. The Bertz CT molecular complexity index is 1310. The van der Waals surface area contributed by atoms with Crippen molar-refractivity contribution in [2.45, 2.75) is 50.2 Å². The average Bonchev–Trinajstić information content (AvgIpc) is 2.87. The number of hydrogen-bond acceptors (Lipinski definition) is 5. The number of carbonyl (C=O) groups is 1. The third-order valence-electron chi connectivity index (χ3n) is 8.35. The number of aliphatic hydroxyl groups is 1. The lowest BCUT2D eigenvalue weighted by Crippen LogP contribution is -2.52. The minimum Gasteiger partial charge on any atom is -0.497 e. The fraction of sp³-hybridized carbons (Fsp3) is 0.448. The summed E-state index contributed by atoms with van der Waals surface area (Å²) in [7, 11) is 1.50. The van der Waals surface area contributed by atoms with Crippen molar-refractivity contribution in [3.05, 3.63) is 71.2 Å². The molecule has 2 N–H and O–H groups in total. The summed E-state index contributed by atoms with van der Waals surface area (Å²) in [6.45, 7) is 1.02. The SMILES string of the molecule is COc1ccc2ncc(F)c(C(O)CC[C@@H]3CCN([C@H]4C[C@H](c5c(F)cccc5F)C4)C[C@@H]3C(=O)O)c2c1. The molecule has 0 bridgehead atoms. The number of halogens is 3. The molecule has 2 aromatic carbocycles. The van der Waals surface area contributed by atoms with Crippen molar-refractivity contribution >= 4 is 16.9 Å². The zero-order chi connectivity index (χ0) is 27.0. The number of likely N-dealkylation sites (tertiary alicyclic amines) is 1. The second kappa shape index (κ2) is 10.9. The Kier molecular flexibility index (Phi) is 7.59. The van der Waals surface area contributed by atoms with Crippen LogP contribution in [-0.4, -0.2) is 52.3 Å². The van der Waals surface area contributed by atoms with E-state index in [2.05, 4.69) is 9.88 Å². The number of ether oxygens (including phenoxy) is 1. The highest BCUT2D eigenvalue weighted by Gasteiger charge is 2.42. The van der Waals surface area contributed by atoms with Crippen LogP contribution in [0.4, 0.5) is 13.2 Å². The lowest BCUT2D eigenvalue weighted by Gasteiger charge is -2.47. The lowest BCUT2D eigenvalue weighted by atomic mass is 9.72. The quantitative estimate of drug-likeness (QED) is 0.405. The predicted molar refractivity (Wildman–Crippen MR) is 135 cm³/mol. The van der Waals surface area contributed by atoms with Crippen LogP contribution in [-0.2, 0) is 4.79 Å². The van der Waals surface area contributed by atoms with E-state index in [4.69, 9.17) is 4.74 Å². The van der Waals surface area contributed by atoms with E-state index in [1.807, 2.05) is 0 Å². The summed E-state index contributed by atoms with van der Waals surface area (Å²) in [6.07, 6.45) is 2.39. The number of carboxylic acids is 1. The van der Waals surface area contributed by atoms with Crippen molar-refractivity contribution in [1.29, 1.82) is 0 Å². The smallest absolute Gasteiger partial charge is 0.308 e. The van der Waals surface area contributed by atoms with Gasteiger partial charge in [-0.2, -0.15) is 0 Å². The second-order valence-electron chi connectivity index (χ2n) is 10.4. The normalized spacial score (nSPS) is 24.7. The van der Waals surface area contributed by atoms with Gasteiger partial charge in [-0.05, 0) is 80.8 Å². The minimum atomic E-state index is -1.12. The van der Waals surface area contributed by atoms with Gasteiger partial charge in [0.1, 0.15) is 23.2 Å². The second-order valence-corrected chi connectivity index (χ2v) is 10.4. The average molecular weight is 529 g/mol. The van der Waals surface area contributed by atoms with Crippen LogP contribution in [0.1, 0.15) is 55.3 Å². The van der Waals surface area contributed by atoms with Crippen molar-refractivity contribution in [2.75, 3.05) is 20.2 Å². The Hall–Kier alpha value is -3.17. The van der Waals surface area contributed by atoms with E-state index in [1.165, 1.54) is 25.3 Å². The number of aromatic nitrogens is 1. The van der Waals surface area contributed by atoms with E-state index in [1.54, 1.807) is 18.2 Å². The molecule has 38 heavy (non-hydrogen) atoms. The highest BCUT2D eigenvalue weighted by atomic mass is 19.1. The molecule has 5 rings (SSSR count). The van der Waals surface area contributed by atoms with Gasteiger partial charge in [0, 0.05) is 29.1 Å². The zero-order valence-electron chi connectivity index (χ0n) is 21.1. The van der Waals surface area contributed by atoms with Gasteiger partial charge in [0.15, 0.2) is 0 Å². The minimum absolute atomic E-state index is 0.0830. The van der Waals surface area contributed by atoms with E-state index in [0.29, 0.717) is 55.4 Å². The van der Waals surface area contributed by atoms with Crippen molar-refractivity contribution in [2.24, 2.45) is 11.8 Å². The number of aliphatic carboxylic acids is 1. The van der Waals surface area contributed by atoms with Crippen LogP contribution in [0.2, 0.25) is 0 Å². The monoisotopic (exact) mass is 528 g/mol. The van der Waals surface area contributed by atoms with E-state index in [0.717, 1.165) is 6.20 Å². The molecule has 3 atom stereocenters. The summed E-state index contributed by atoms with van der Waals surface area (Å²) in [5.41, 5.74) is 0.794. The summed E-state index contributed by atoms with van der Waals surface area (Å²) in [5.74, 6) is -3.10. The fourth-order valence-corrected chi connectivity index (χ4v) is 6.15. The highest BCUT2D eigenvalue weighted by molar-refractivity contribution is 5.84. The molecule has 1 aliphatic carbocycles. The summed E-state index contributed by atoms with van der Waals surface area (Å²) in [5, 5.41) is 21.4. The Morgan fingerprint density at radius 1 is 1.16 bits per heavy atom. The summed E-state index contributed by atoms with van der Waals surface area (Å²) in [6, 6.07) is 9.02. The summed E-state index contributed by atoms with van der Waals surface area (Å²) >= 11 is 0. The molecule has 2 heterocycles. The zero-order valence-corrected chi connectivity index (χ0v) is 21.1. The van der Waals surface area contributed by atoms with Crippen LogP contribution >= 0.6 is 0 Å². The van der Waals surface area contributed by atoms with Crippen LogP contribution in [0.25, 0.3) is 10.9 Å². The topological polar surface area (TPSA) is 82.9 Å². The molecule has 9 heteroatoms. The Morgan fingerprint density at radius 3 is 2.58 bits per heavy atom. The molecular weight excluding hydrogens is 497 g/mol. The molecule has 3 aromatic rings. The standard InChI is InChI=1S/C29H31F3N2O4/c1-38-19-6-7-25-20(13-19)28(24(32)14-33-25)26(35)8-5-16-9-10-34(15-21(16)29(36)37)18-11-17(12-18)27-22(30)3-2-4-23(27)31/h2-4,6-7,13-14,16-18,21,26,35H,5,8-12,15H2,1H3,(H,36,37)/t16-,17-,18-,21+,26?/m1/s1. The molecule has 1 saturated heterocycles. The maximum absolute atomic E-state index is 14.8. The number of aliphatic hydroxyl groups excluding tert-OH is 1.